The minimum atomic E-state index is -4.74. The van der Waals surface area contributed by atoms with E-state index in [0.717, 1.165) is 89.4 Å². The summed E-state index contributed by atoms with van der Waals surface area (Å²) in [7, 11) is 3.31. The van der Waals surface area contributed by atoms with Gasteiger partial charge in [0.25, 0.3) is 0 Å². The van der Waals surface area contributed by atoms with E-state index in [1.165, 1.54) is 30.7 Å². The van der Waals surface area contributed by atoms with Gasteiger partial charge in [0, 0.05) is 42.5 Å². The van der Waals surface area contributed by atoms with Crippen molar-refractivity contribution in [2.75, 3.05) is 24.9 Å². The summed E-state index contributed by atoms with van der Waals surface area (Å²) in [6.07, 6.45) is 0.803. The first-order valence-corrected chi connectivity index (χ1v) is 26.4. The zero-order valence-corrected chi connectivity index (χ0v) is 46.5. The molecule has 0 radical (unpaired) electrons. The van der Waals surface area contributed by atoms with Crippen molar-refractivity contribution in [2.24, 2.45) is 22.7 Å². The molecule has 4 atom stereocenters. The summed E-state index contributed by atoms with van der Waals surface area (Å²) >= 11 is 0. The average Bonchev–Trinajstić information content (AvgIpc) is 3.81. The zero-order chi connectivity index (χ0) is 55.8. The van der Waals surface area contributed by atoms with Gasteiger partial charge in [0.2, 0.25) is 11.9 Å². The molecule has 4 N–H and O–H groups in total. The Morgan fingerprint density at radius 2 is 0.947 bits per heavy atom. The van der Waals surface area contributed by atoms with Crippen molar-refractivity contribution in [2.45, 2.75) is 176 Å². The van der Waals surface area contributed by atoms with Gasteiger partial charge < -0.3 is 48.9 Å². The van der Waals surface area contributed by atoms with Gasteiger partial charge in [-0.1, -0.05) is 41.5 Å². The van der Waals surface area contributed by atoms with Crippen LogP contribution in [0.1, 0.15) is 151 Å². The molecule has 8 rings (SSSR count). The Labute approximate surface area is 444 Å². The van der Waals surface area contributed by atoms with Crippen LogP contribution in [-0.2, 0) is 12.8 Å². The molecular weight excluding hydrogens is 984 g/mol. The van der Waals surface area contributed by atoms with Gasteiger partial charge in [-0.15, -0.1) is 13.2 Å². The zero-order valence-electron chi connectivity index (χ0n) is 46.5. The van der Waals surface area contributed by atoms with Crippen molar-refractivity contribution >= 4 is 45.3 Å². The summed E-state index contributed by atoms with van der Waals surface area (Å²) in [5.41, 5.74) is 5.61. The maximum Gasteiger partial charge on any atom is 0.573 e. The highest BCUT2D eigenvalue weighted by molar-refractivity contribution is 5.84. The summed E-state index contributed by atoms with van der Waals surface area (Å²) in [6, 6.07) is 20.7. The maximum absolute atomic E-state index is 13.3. The summed E-state index contributed by atoms with van der Waals surface area (Å²) in [5, 5.41) is 27.3. The van der Waals surface area contributed by atoms with Crippen LogP contribution in [0.25, 0.3) is 22.1 Å². The van der Waals surface area contributed by atoms with Crippen LogP contribution in [0.15, 0.2) is 72.8 Å². The van der Waals surface area contributed by atoms with Crippen LogP contribution < -0.4 is 29.6 Å². The molecule has 2 heterocycles. The average molecular weight is 1060 g/mol. The lowest BCUT2D eigenvalue weighted by Crippen LogP contribution is -2.29. The van der Waals surface area contributed by atoms with Crippen LogP contribution in [-0.4, -0.2) is 67.2 Å². The van der Waals surface area contributed by atoms with Gasteiger partial charge >= 0.3 is 12.5 Å². The van der Waals surface area contributed by atoms with Crippen molar-refractivity contribution in [3.05, 3.63) is 83.9 Å². The van der Waals surface area contributed by atoms with E-state index in [1.807, 2.05) is 12.1 Å². The van der Waals surface area contributed by atoms with Crippen LogP contribution >= 0.6 is 0 Å². The van der Waals surface area contributed by atoms with E-state index in [1.54, 1.807) is 66.2 Å². The van der Waals surface area contributed by atoms with Gasteiger partial charge in [-0.2, -0.15) is 8.78 Å². The number of ether oxygens (including phenoxy) is 4. The second-order valence-corrected chi connectivity index (χ2v) is 24.4. The Bertz CT molecular complexity index is 2720. The summed E-state index contributed by atoms with van der Waals surface area (Å²) in [4.78, 5) is 9.94. The largest absolute Gasteiger partial charge is 0.573 e. The minimum absolute atomic E-state index is 0.0978. The van der Waals surface area contributed by atoms with Crippen LogP contribution in [0.2, 0.25) is 0 Å². The molecule has 76 heavy (non-hydrogen) atoms. The Morgan fingerprint density at radius 1 is 0.579 bits per heavy atom. The lowest BCUT2D eigenvalue weighted by Gasteiger charge is -2.40. The second-order valence-electron chi connectivity index (χ2n) is 24.4. The molecule has 6 aromatic rings. The monoisotopic (exact) mass is 1060 g/mol. The molecule has 2 saturated carbocycles. The molecule has 4 aromatic carbocycles. The molecule has 2 aliphatic carbocycles. The normalized spacial score (nSPS) is 19.9. The van der Waals surface area contributed by atoms with E-state index >= 15 is 0 Å². The first kappa shape index (κ1) is 57.9. The van der Waals surface area contributed by atoms with E-state index in [4.69, 9.17) is 19.4 Å². The highest BCUT2D eigenvalue weighted by atomic mass is 19.4. The van der Waals surface area contributed by atoms with Gasteiger partial charge in [0.15, 0.2) is 0 Å². The number of alkyl halides is 5. The lowest BCUT2D eigenvalue weighted by molar-refractivity contribution is -0.274. The second kappa shape index (κ2) is 22.3. The summed E-state index contributed by atoms with van der Waals surface area (Å²) in [5.74, 6) is 3.76. The third-order valence-corrected chi connectivity index (χ3v) is 14.4. The lowest BCUT2D eigenvalue weighted by atomic mass is 9.70. The van der Waals surface area contributed by atoms with E-state index in [2.05, 4.69) is 82.9 Å². The predicted molar refractivity (Wildman–Crippen MR) is 291 cm³/mol. The summed E-state index contributed by atoms with van der Waals surface area (Å²) < 4.78 is 89.1. The number of imidazole rings is 2. The SMILES string of the molecule is COc1cc2c(cc1CCC(C)(C)O)nc(Nc1ccc(OC(C)(F)F)cc1)n2[C@@H]1C[C@H](C)CC(C)(C)C1.COc1cc2c(cc1CCC(C)(C)O)nc(Nc1ccc(OC(F)(F)F)cc1)n2[C@H]1C[C@@H](C)CC(C)(C)C1. The molecule has 2 aromatic heterocycles. The Morgan fingerprint density at radius 3 is 1.26 bits per heavy atom. The Balaban J connectivity index is 0.000000221. The van der Waals surface area contributed by atoms with Gasteiger partial charge in [-0.3, -0.25) is 0 Å². The van der Waals surface area contributed by atoms with Crippen molar-refractivity contribution in [1.29, 1.82) is 0 Å². The fourth-order valence-corrected chi connectivity index (χ4v) is 11.7. The smallest absolute Gasteiger partial charge is 0.496 e. The van der Waals surface area contributed by atoms with E-state index in [0.29, 0.717) is 55.1 Å². The van der Waals surface area contributed by atoms with Crippen molar-refractivity contribution in [1.82, 2.24) is 19.1 Å². The topological polar surface area (TPSA) is 137 Å². The number of aliphatic hydroxyl groups is 2. The quantitative estimate of drug-likeness (QED) is 0.0654. The fraction of sp³-hybridized carbons (Fsp3) is 0.559. The molecule has 17 heteroatoms. The molecule has 2 fully saturated rings. The molecule has 0 bridgehead atoms. The Hall–Kier alpha value is -5.81. The number of nitrogens with one attached hydrogen (secondary N) is 2. The van der Waals surface area contributed by atoms with E-state index in [9.17, 15) is 32.2 Å². The molecule has 0 amide bonds. The predicted octanol–water partition coefficient (Wildman–Crippen LogP) is 15.6. The fourth-order valence-electron chi connectivity index (χ4n) is 11.7. The molecular formula is C59H79F5N6O6. The molecule has 416 valence electrons. The maximum atomic E-state index is 13.3. The highest BCUT2D eigenvalue weighted by Crippen LogP contribution is 2.48. The van der Waals surface area contributed by atoms with Crippen molar-refractivity contribution in [3.63, 3.8) is 0 Å². The molecule has 2 aliphatic rings. The number of halogens is 5. The number of benzene rings is 4. The third kappa shape index (κ3) is 15.7. The van der Waals surface area contributed by atoms with Crippen LogP contribution in [0.4, 0.5) is 45.2 Å². The Kier molecular flexibility index (Phi) is 17.0. The number of fused-ring (bicyclic) bond motifs is 2. The van der Waals surface area contributed by atoms with Crippen LogP contribution in [0, 0.1) is 22.7 Å². The number of hydrogen-bond acceptors (Lipinski definition) is 10. The van der Waals surface area contributed by atoms with E-state index < -0.39 is 23.7 Å². The van der Waals surface area contributed by atoms with Crippen molar-refractivity contribution in [3.8, 4) is 23.0 Å². The van der Waals surface area contributed by atoms with Gasteiger partial charge in [-0.05, 0) is 186 Å². The number of methoxy groups -OCH3 is 2. The molecule has 0 aliphatic heterocycles. The molecule has 12 nitrogen and oxygen atoms in total. The first-order valence-electron chi connectivity index (χ1n) is 26.4. The standard InChI is InChI=1S/C30H41F2N3O3.C29H38F3N3O3/c1-19-14-22(18-28(2,3)17-19)35-25-16-26(37-7)20(12-13-29(4,5)36)15-24(25)34-27(35)33-21-8-10-23(11-9-21)38-30(6,31)32;1-18-13-21(17-27(2,3)16-18)35-24-15-25(37-6)19(11-12-28(4,5)36)14-23(24)34-26(35)33-20-7-9-22(10-8-20)38-29(30,31)32/h8-11,15-16,19,22,36H,12-14,17-18H2,1-7H3,(H,33,34);7-10,14-15,18,21,36H,11-13,16-17H2,1-6H3,(H,33,34)/t19-,22+;18-,21+/m01/s1. The molecule has 0 saturated heterocycles. The van der Waals surface area contributed by atoms with Gasteiger partial charge in [-0.25, -0.2) is 9.97 Å². The number of hydrogen-bond donors (Lipinski definition) is 4. The summed E-state index contributed by atoms with van der Waals surface area (Å²) in [6.45, 7) is 21.7. The number of aromatic nitrogens is 4. The minimum Gasteiger partial charge on any atom is -0.496 e. The third-order valence-electron chi connectivity index (χ3n) is 14.4. The highest BCUT2D eigenvalue weighted by Gasteiger charge is 2.37. The first-order chi connectivity index (χ1) is 35.2. The number of nitrogens with zero attached hydrogens (tertiary/aromatic N) is 4. The van der Waals surface area contributed by atoms with E-state index in [-0.39, 0.29) is 34.4 Å². The molecule has 0 spiro atoms. The number of anilines is 4. The van der Waals surface area contributed by atoms with Crippen LogP contribution in [0.3, 0.4) is 0 Å². The number of rotatable bonds is 17. The molecule has 0 unspecified atom stereocenters. The van der Waals surface area contributed by atoms with Gasteiger partial charge in [0.05, 0.1) is 47.5 Å². The van der Waals surface area contributed by atoms with Crippen molar-refractivity contribution < 1.29 is 51.1 Å². The number of aryl methyl sites for hydroxylation is 2. The van der Waals surface area contributed by atoms with Gasteiger partial charge in [0.1, 0.15) is 23.0 Å². The van der Waals surface area contributed by atoms with Crippen LogP contribution in [0.5, 0.6) is 23.0 Å².